The van der Waals surface area contributed by atoms with Crippen LogP contribution in [0.25, 0.3) is 0 Å². The minimum atomic E-state index is -0.0811. The van der Waals surface area contributed by atoms with Crippen molar-refractivity contribution >= 4 is 27.5 Å². The molecule has 0 heterocycles. The third-order valence-corrected chi connectivity index (χ3v) is 3.98. The number of ether oxygens (including phenoxy) is 2. The van der Waals surface area contributed by atoms with Crippen LogP contribution in [0.1, 0.15) is 17.2 Å². The average molecular weight is 356 g/mol. The normalized spacial score (nSPS) is 12.2. The lowest BCUT2D eigenvalue weighted by atomic mass is 10.1. The van der Waals surface area contributed by atoms with E-state index < -0.39 is 0 Å². The lowest BCUT2D eigenvalue weighted by molar-refractivity contribution is 0.0550. The van der Waals surface area contributed by atoms with Crippen LogP contribution in [0, 0.1) is 0 Å². The van der Waals surface area contributed by atoms with Crippen LogP contribution in [0.4, 0.5) is 0 Å². The predicted molar refractivity (Wildman–Crippen MR) is 85.8 cm³/mol. The van der Waals surface area contributed by atoms with Gasteiger partial charge in [0.15, 0.2) is 0 Å². The Morgan fingerprint density at radius 2 is 1.80 bits per heavy atom. The van der Waals surface area contributed by atoms with Crippen LogP contribution < -0.4 is 4.74 Å². The Labute approximate surface area is 132 Å². The van der Waals surface area contributed by atoms with E-state index >= 15 is 0 Å². The monoisotopic (exact) mass is 354 g/mol. The van der Waals surface area contributed by atoms with Gasteiger partial charge in [-0.05, 0) is 17.7 Å². The second-order valence-electron chi connectivity index (χ2n) is 4.29. The summed E-state index contributed by atoms with van der Waals surface area (Å²) < 4.78 is 11.4. The molecular formula is C16H16BrClO2. The standard InChI is InChI=1S/C16H16BrClO2/c1-19-15-9-5-3-7-13(15)16(10-17)20-11-12-6-2-4-8-14(12)18/h2-9,16H,10-11H2,1H3. The maximum absolute atomic E-state index is 6.14. The molecule has 106 valence electrons. The third kappa shape index (κ3) is 3.75. The van der Waals surface area contributed by atoms with Crippen LogP contribution in [0.15, 0.2) is 48.5 Å². The van der Waals surface area contributed by atoms with Crippen molar-refractivity contribution in [1.29, 1.82) is 0 Å². The SMILES string of the molecule is COc1ccccc1C(CBr)OCc1ccccc1Cl. The number of hydrogen-bond acceptors (Lipinski definition) is 2. The fourth-order valence-electron chi connectivity index (χ4n) is 1.96. The van der Waals surface area contributed by atoms with Crippen molar-refractivity contribution < 1.29 is 9.47 Å². The number of para-hydroxylation sites is 1. The van der Waals surface area contributed by atoms with Crippen molar-refractivity contribution in [3.05, 3.63) is 64.7 Å². The minimum Gasteiger partial charge on any atom is -0.496 e. The topological polar surface area (TPSA) is 18.5 Å². The van der Waals surface area contributed by atoms with E-state index in [2.05, 4.69) is 15.9 Å². The second kappa shape index (κ2) is 7.67. The van der Waals surface area contributed by atoms with E-state index in [9.17, 15) is 0 Å². The summed E-state index contributed by atoms with van der Waals surface area (Å²) in [4.78, 5) is 0. The van der Waals surface area contributed by atoms with E-state index in [0.29, 0.717) is 11.9 Å². The van der Waals surface area contributed by atoms with E-state index in [1.165, 1.54) is 0 Å². The summed E-state index contributed by atoms with van der Waals surface area (Å²) >= 11 is 9.63. The van der Waals surface area contributed by atoms with E-state index in [1.807, 2.05) is 48.5 Å². The summed E-state index contributed by atoms with van der Waals surface area (Å²) in [5.41, 5.74) is 2.01. The van der Waals surface area contributed by atoms with Gasteiger partial charge in [-0.2, -0.15) is 0 Å². The summed E-state index contributed by atoms with van der Waals surface area (Å²) in [5.74, 6) is 0.830. The number of halogens is 2. The van der Waals surface area contributed by atoms with Gasteiger partial charge in [0, 0.05) is 15.9 Å². The summed E-state index contributed by atoms with van der Waals surface area (Å²) in [7, 11) is 1.66. The highest BCUT2D eigenvalue weighted by Gasteiger charge is 2.15. The molecule has 0 aliphatic carbocycles. The fourth-order valence-corrected chi connectivity index (χ4v) is 2.68. The number of alkyl halides is 1. The Morgan fingerprint density at radius 3 is 2.50 bits per heavy atom. The maximum atomic E-state index is 6.14. The first-order chi connectivity index (χ1) is 9.76. The number of hydrogen-bond donors (Lipinski definition) is 0. The highest BCUT2D eigenvalue weighted by Crippen LogP contribution is 2.30. The molecule has 0 aromatic heterocycles. The molecule has 20 heavy (non-hydrogen) atoms. The van der Waals surface area contributed by atoms with Crippen molar-refractivity contribution in [2.45, 2.75) is 12.7 Å². The van der Waals surface area contributed by atoms with Crippen LogP contribution in [0.2, 0.25) is 5.02 Å². The molecule has 0 aliphatic rings. The first-order valence-corrected chi connectivity index (χ1v) is 7.80. The molecule has 2 aromatic rings. The van der Waals surface area contributed by atoms with Gasteiger partial charge >= 0.3 is 0 Å². The lowest BCUT2D eigenvalue weighted by Crippen LogP contribution is -2.08. The van der Waals surface area contributed by atoms with Gasteiger partial charge in [-0.3, -0.25) is 0 Å². The molecule has 0 saturated heterocycles. The Balaban J connectivity index is 2.11. The third-order valence-electron chi connectivity index (χ3n) is 3.02. The molecule has 0 radical (unpaired) electrons. The number of methoxy groups -OCH3 is 1. The molecule has 0 amide bonds. The van der Waals surface area contributed by atoms with Gasteiger partial charge in [-0.15, -0.1) is 0 Å². The largest absolute Gasteiger partial charge is 0.496 e. The van der Waals surface area contributed by atoms with Gasteiger partial charge in [-0.25, -0.2) is 0 Å². The maximum Gasteiger partial charge on any atom is 0.124 e. The van der Waals surface area contributed by atoms with E-state index in [4.69, 9.17) is 21.1 Å². The lowest BCUT2D eigenvalue weighted by Gasteiger charge is -2.18. The molecule has 0 N–H and O–H groups in total. The molecule has 2 rings (SSSR count). The molecule has 1 atom stereocenters. The fraction of sp³-hybridized carbons (Fsp3) is 0.250. The summed E-state index contributed by atoms with van der Waals surface area (Å²) in [6, 6.07) is 15.6. The number of benzene rings is 2. The molecule has 0 fully saturated rings. The van der Waals surface area contributed by atoms with E-state index in [0.717, 1.165) is 21.9 Å². The zero-order valence-electron chi connectivity index (χ0n) is 11.2. The van der Waals surface area contributed by atoms with Gasteiger partial charge in [0.25, 0.3) is 0 Å². The van der Waals surface area contributed by atoms with Crippen molar-refractivity contribution in [2.24, 2.45) is 0 Å². The Hall–Kier alpha value is -1.03. The molecule has 2 nitrogen and oxygen atoms in total. The second-order valence-corrected chi connectivity index (χ2v) is 5.34. The van der Waals surface area contributed by atoms with Gasteiger partial charge in [0.05, 0.1) is 19.8 Å². The van der Waals surface area contributed by atoms with Gasteiger partial charge in [-0.1, -0.05) is 63.9 Å². The molecule has 1 unspecified atom stereocenters. The van der Waals surface area contributed by atoms with Gasteiger partial charge < -0.3 is 9.47 Å². The molecule has 0 saturated carbocycles. The summed E-state index contributed by atoms with van der Waals surface area (Å²) in [6.45, 7) is 0.466. The molecule has 0 spiro atoms. The van der Waals surface area contributed by atoms with Crippen molar-refractivity contribution in [3.63, 3.8) is 0 Å². The van der Waals surface area contributed by atoms with Crippen LogP contribution >= 0.6 is 27.5 Å². The van der Waals surface area contributed by atoms with Crippen LogP contribution in [-0.4, -0.2) is 12.4 Å². The van der Waals surface area contributed by atoms with Crippen LogP contribution in [0.5, 0.6) is 5.75 Å². The Morgan fingerprint density at radius 1 is 1.10 bits per heavy atom. The Kier molecular flexibility index (Phi) is 5.89. The zero-order chi connectivity index (χ0) is 14.4. The van der Waals surface area contributed by atoms with E-state index in [-0.39, 0.29) is 6.10 Å². The first kappa shape index (κ1) is 15.4. The molecule has 4 heteroatoms. The molecular weight excluding hydrogens is 340 g/mol. The van der Waals surface area contributed by atoms with Gasteiger partial charge in [0.2, 0.25) is 0 Å². The van der Waals surface area contributed by atoms with Crippen molar-refractivity contribution in [3.8, 4) is 5.75 Å². The molecule has 0 bridgehead atoms. The highest BCUT2D eigenvalue weighted by atomic mass is 79.9. The van der Waals surface area contributed by atoms with Crippen molar-refractivity contribution in [1.82, 2.24) is 0 Å². The highest BCUT2D eigenvalue weighted by molar-refractivity contribution is 9.09. The predicted octanol–water partition coefficient (Wildman–Crippen LogP) is 5.00. The minimum absolute atomic E-state index is 0.0811. The Bertz CT molecular complexity index is 560. The van der Waals surface area contributed by atoms with Crippen LogP contribution in [-0.2, 0) is 11.3 Å². The van der Waals surface area contributed by atoms with Crippen molar-refractivity contribution in [2.75, 3.05) is 12.4 Å². The number of rotatable bonds is 6. The van der Waals surface area contributed by atoms with Crippen LogP contribution in [0.3, 0.4) is 0 Å². The quantitative estimate of drug-likeness (QED) is 0.679. The van der Waals surface area contributed by atoms with Gasteiger partial charge in [0.1, 0.15) is 5.75 Å². The summed E-state index contributed by atoms with van der Waals surface area (Å²) in [5, 5.41) is 1.42. The summed E-state index contributed by atoms with van der Waals surface area (Å²) in [6.07, 6.45) is -0.0811. The zero-order valence-corrected chi connectivity index (χ0v) is 13.5. The molecule has 0 aliphatic heterocycles. The molecule has 2 aromatic carbocycles. The first-order valence-electron chi connectivity index (χ1n) is 6.30. The average Bonchev–Trinajstić information content (AvgIpc) is 2.50. The van der Waals surface area contributed by atoms with E-state index in [1.54, 1.807) is 7.11 Å². The smallest absolute Gasteiger partial charge is 0.124 e.